The lowest BCUT2D eigenvalue weighted by molar-refractivity contribution is -0.138. The van der Waals surface area contributed by atoms with E-state index in [1.165, 1.54) is 0 Å². The first-order valence-electron chi connectivity index (χ1n) is 12.7. The molecule has 9 nitrogen and oxygen atoms in total. The van der Waals surface area contributed by atoms with Gasteiger partial charge in [-0.05, 0) is 48.4 Å². The van der Waals surface area contributed by atoms with Gasteiger partial charge in [-0.2, -0.15) is 0 Å². The zero-order chi connectivity index (χ0) is 26.9. The predicted molar refractivity (Wildman–Crippen MR) is 140 cm³/mol. The lowest BCUT2D eigenvalue weighted by atomic mass is 9.86. The molecular formula is C27H41N5O4. The number of Topliss-reactive ketones (excluding diaryl/α,β-unsaturated/α-hetero) is 1. The number of benzene rings is 1. The van der Waals surface area contributed by atoms with Gasteiger partial charge in [0.25, 0.3) is 5.91 Å². The molecule has 1 aromatic rings. The van der Waals surface area contributed by atoms with E-state index in [-0.39, 0.29) is 42.0 Å². The van der Waals surface area contributed by atoms with Crippen molar-refractivity contribution in [2.45, 2.75) is 71.6 Å². The minimum absolute atomic E-state index is 0.0405. The highest BCUT2D eigenvalue weighted by atomic mass is 16.2. The van der Waals surface area contributed by atoms with Gasteiger partial charge < -0.3 is 25.8 Å². The number of nitrogens with zero attached hydrogens (tertiary/aromatic N) is 3. The van der Waals surface area contributed by atoms with E-state index >= 15 is 0 Å². The average Bonchev–Trinajstić information content (AvgIpc) is 3.37. The van der Waals surface area contributed by atoms with Crippen molar-refractivity contribution in [3.05, 3.63) is 29.8 Å². The molecule has 0 radical (unpaired) electrons. The fourth-order valence-electron chi connectivity index (χ4n) is 4.95. The number of amides is 3. The maximum Gasteiger partial charge on any atom is 0.251 e. The number of nitrogens with two attached hydrogens (primary N) is 1. The second-order valence-corrected chi connectivity index (χ2v) is 11.7. The number of ketones is 1. The third-order valence-electron chi connectivity index (χ3n) is 7.14. The minimum Gasteiger partial charge on any atom is -0.378 e. The smallest absolute Gasteiger partial charge is 0.251 e. The first-order chi connectivity index (χ1) is 16.7. The monoisotopic (exact) mass is 499 g/mol. The maximum atomic E-state index is 13.7. The Labute approximate surface area is 214 Å². The molecule has 0 spiro atoms. The fraction of sp³-hybridized carbons (Fsp3) is 0.630. The molecule has 198 valence electrons. The van der Waals surface area contributed by atoms with Crippen LogP contribution in [0.1, 0.15) is 57.8 Å². The van der Waals surface area contributed by atoms with Crippen molar-refractivity contribution in [2.75, 3.05) is 32.1 Å². The van der Waals surface area contributed by atoms with E-state index in [0.717, 1.165) is 5.69 Å². The summed E-state index contributed by atoms with van der Waals surface area (Å²) in [5.41, 5.74) is 7.19. The van der Waals surface area contributed by atoms with Crippen LogP contribution in [0.3, 0.4) is 0 Å². The SMILES string of the molecule is CC(C)C[C@H](NC(=O)c1ccc(N(C)C)cc1)C(=O)N1CCC2[C@H]1C(=O)CN2C(=O)[C@@H](N)C(C)(C)C. The molecule has 0 saturated carbocycles. The molecule has 0 aliphatic carbocycles. The Morgan fingerprint density at radius 1 is 1.08 bits per heavy atom. The van der Waals surface area contributed by atoms with Crippen LogP contribution in [0, 0.1) is 11.3 Å². The second-order valence-electron chi connectivity index (χ2n) is 11.7. The molecule has 36 heavy (non-hydrogen) atoms. The van der Waals surface area contributed by atoms with Crippen LogP contribution in [0.25, 0.3) is 0 Å². The number of carbonyl (C=O) groups is 4. The Morgan fingerprint density at radius 3 is 2.22 bits per heavy atom. The summed E-state index contributed by atoms with van der Waals surface area (Å²) in [5, 5.41) is 2.90. The third-order valence-corrected chi connectivity index (χ3v) is 7.14. The average molecular weight is 500 g/mol. The van der Waals surface area contributed by atoms with Crippen molar-refractivity contribution in [3.63, 3.8) is 0 Å². The van der Waals surface area contributed by atoms with E-state index < -0.39 is 23.5 Å². The number of nitrogens with one attached hydrogen (secondary N) is 1. The Hall–Kier alpha value is -2.94. The summed E-state index contributed by atoms with van der Waals surface area (Å²) in [5.74, 6) is -0.881. The molecule has 9 heteroatoms. The van der Waals surface area contributed by atoms with Crippen LogP contribution in [-0.4, -0.2) is 84.7 Å². The molecular weight excluding hydrogens is 458 g/mol. The summed E-state index contributed by atoms with van der Waals surface area (Å²) >= 11 is 0. The van der Waals surface area contributed by atoms with Crippen LogP contribution in [0.15, 0.2) is 24.3 Å². The van der Waals surface area contributed by atoms with Gasteiger partial charge in [-0.1, -0.05) is 34.6 Å². The summed E-state index contributed by atoms with van der Waals surface area (Å²) < 4.78 is 0. The van der Waals surface area contributed by atoms with E-state index in [0.29, 0.717) is 24.9 Å². The molecule has 4 atom stereocenters. The first kappa shape index (κ1) is 27.6. The Bertz CT molecular complexity index is 998. The van der Waals surface area contributed by atoms with Gasteiger partial charge in [-0.3, -0.25) is 19.2 Å². The zero-order valence-corrected chi connectivity index (χ0v) is 22.6. The molecule has 2 heterocycles. The van der Waals surface area contributed by atoms with E-state index in [1.807, 2.05) is 65.7 Å². The summed E-state index contributed by atoms with van der Waals surface area (Å²) in [4.78, 5) is 57.8. The molecule has 2 fully saturated rings. The van der Waals surface area contributed by atoms with Crippen LogP contribution >= 0.6 is 0 Å². The van der Waals surface area contributed by atoms with Crippen LogP contribution in [0.2, 0.25) is 0 Å². The lowest BCUT2D eigenvalue weighted by Crippen LogP contribution is -2.54. The van der Waals surface area contributed by atoms with E-state index in [9.17, 15) is 19.2 Å². The Morgan fingerprint density at radius 2 is 1.69 bits per heavy atom. The topological polar surface area (TPSA) is 116 Å². The highest BCUT2D eigenvalue weighted by Gasteiger charge is 2.53. The van der Waals surface area contributed by atoms with Crippen molar-refractivity contribution < 1.29 is 19.2 Å². The third kappa shape index (κ3) is 5.72. The van der Waals surface area contributed by atoms with Crippen LogP contribution in [-0.2, 0) is 14.4 Å². The van der Waals surface area contributed by atoms with Crippen molar-refractivity contribution in [3.8, 4) is 0 Å². The number of anilines is 1. The van der Waals surface area contributed by atoms with Crippen LogP contribution < -0.4 is 16.0 Å². The minimum atomic E-state index is -0.765. The van der Waals surface area contributed by atoms with Crippen molar-refractivity contribution in [1.29, 1.82) is 0 Å². The fourth-order valence-corrected chi connectivity index (χ4v) is 4.95. The van der Waals surface area contributed by atoms with Crippen LogP contribution in [0.5, 0.6) is 0 Å². The molecule has 0 bridgehead atoms. The van der Waals surface area contributed by atoms with Gasteiger partial charge in [0.05, 0.1) is 18.6 Å². The molecule has 2 aliphatic heterocycles. The highest BCUT2D eigenvalue weighted by molar-refractivity contribution is 6.01. The predicted octanol–water partition coefficient (Wildman–Crippen LogP) is 1.65. The van der Waals surface area contributed by atoms with Gasteiger partial charge in [0.2, 0.25) is 11.8 Å². The second kappa shape index (κ2) is 10.6. The normalized spacial score (nSPS) is 21.4. The van der Waals surface area contributed by atoms with Gasteiger partial charge >= 0.3 is 0 Å². The van der Waals surface area contributed by atoms with Gasteiger partial charge in [-0.15, -0.1) is 0 Å². The maximum absolute atomic E-state index is 13.7. The summed E-state index contributed by atoms with van der Waals surface area (Å²) in [7, 11) is 3.84. The largest absolute Gasteiger partial charge is 0.378 e. The van der Waals surface area contributed by atoms with Gasteiger partial charge in [0.15, 0.2) is 5.78 Å². The number of carbonyl (C=O) groups excluding carboxylic acids is 4. The Kier molecular flexibility index (Phi) is 8.13. The first-order valence-corrected chi connectivity index (χ1v) is 12.7. The van der Waals surface area contributed by atoms with Crippen molar-refractivity contribution >= 4 is 29.2 Å². The lowest BCUT2D eigenvalue weighted by Gasteiger charge is -2.32. The number of hydrogen-bond acceptors (Lipinski definition) is 6. The zero-order valence-electron chi connectivity index (χ0n) is 22.6. The summed E-state index contributed by atoms with van der Waals surface area (Å²) in [6.07, 6.45) is 0.957. The van der Waals surface area contributed by atoms with Crippen molar-refractivity contribution in [2.24, 2.45) is 17.1 Å². The number of fused-ring (bicyclic) bond motifs is 1. The number of rotatable bonds is 7. The van der Waals surface area contributed by atoms with Crippen molar-refractivity contribution in [1.82, 2.24) is 15.1 Å². The standard InChI is InChI=1S/C27H41N5O4/c1-16(2)14-19(29-24(34)17-8-10-18(11-9-17)30(6)7)25(35)31-13-12-20-22(31)21(33)15-32(20)26(36)23(28)27(3,4)5/h8-11,16,19-20,22-23H,12-15,28H2,1-7H3,(H,29,34)/t19-,20?,22-,23+/m0/s1. The van der Waals surface area contributed by atoms with E-state index in [1.54, 1.807) is 21.9 Å². The summed E-state index contributed by atoms with van der Waals surface area (Å²) in [6.45, 7) is 9.96. The molecule has 3 N–H and O–H groups in total. The molecule has 3 rings (SSSR count). The summed E-state index contributed by atoms with van der Waals surface area (Å²) in [6, 6.07) is 4.59. The molecule has 0 aromatic heterocycles. The molecule has 3 amide bonds. The van der Waals surface area contributed by atoms with Gasteiger partial charge in [-0.25, -0.2) is 0 Å². The quantitative estimate of drug-likeness (QED) is 0.589. The van der Waals surface area contributed by atoms with Crippen LogP contribution in [0.4, 0.5) is 5.69 Å². The Balaban J connectivity index is 1.77. The molecule has 2 saturated heterocycles. The molecule has 2 aliphatic rings. The highest BCUT2D eigenvalue weighted by Crippen LogP contribution is 2.32. The number of hydrogen-bond donors (Lipinski definition) is 2. The molecule has 1 aromatic carbocycles. The van der Waals surface area contributed by atoms with Gasteiger partial charge in [0, 0.05) is 31.9 Å². The van der Waals surface area contributed by atoms with E-state index in [2.05, 4.69) is 5.32 Å². The number of likely N-dealkylation sites (tertiary alicyclic amines) is 2. The van der Waals surface area contributed by atoms with Gasteiger partial charge in [0.1, 0.15) is 12.1 Å². The van der Waals surface area contributed by atoms with E-state index in [4.69, 9.17) is 5.73 Å². The molecule has 1 unspecified atom stereocenters.